The number of nitrogens with zero attached hydrogens (tertiary/aromatic N) is 1. The Bertz CT molecular complexity index is 479. The van der Waals surface area contributed by atoms with Crippen LogP contribution >= 0.6 is 0 Å². The Hall–Kier alpha value is -1.82. The van der Waals surface area contributed by atoms with Crippen molar-refractivity contribution in [2.24, 2.45) is 11.7 Å². The number of ether oxygens (including phenoxy) is 1. The van der Waals surface area contributed by atoms with Crippen LogP contribution in [0.25, 0.3) is 0 Å². The van der Waals surface area contributed by atoms with Crippen LogP contribution in [0.4, 0.5) is 11.4 Å². The van der Waals surface area contributed by atoms with E-state index in [9.17, 15) is 10.1 Å². The van der Waals surface area contributed by atoms with E-state index in [4.69, 9.17) is 10.5 Å². The molecule has 20 heavy (non-hydrogen) atoms. The van der Waals surface area contributed by atoms with E-state index < -0.39 is 0 Å². The second kappa shape index (κ2) is 6.56. The Morgan fingerprint density at radius 3 is 2.85 bits per heavy atom. The summed E-state index contributed by atoms with van der Waals surface area (Å²) in [4.78, 5) is 10.8. The van der Waals surface area contributed by atoms with Crippen LogP contribution in [-0.4, -0.2) is 24.6 Å². The summed E-state index contributed by atoms with van der Waals surface area (Å²) in [5.74, 6) is 0.867. The van der Waals surface area contributed by atoms with E-state index in [1.54, 1.807) is 12.1 Å². The highest BCUT2D eigenvalue weighted by atomic mass is 16.6. The zero-order valence-corrected chi connectivity index (χ0v) is 11.7. The van der Waals surface area contributed by atoms with Gasteiger partial charge in [0.25, 0.3) is 5.69 Å². The summed E-state index contributed by atoms with van der Waals surface area (Å²) >= 11 is 0. The van der Waals surface area contributed by atoms with E-state index >= 15 is 0 Å². The van der Waals surface area contributed by atoms with Crippen molar-refractivity contribution in [2.45, 2.75) is 31.7 Å². The van der Waals surface area contributed by atoms with Crippen molar-refractivity contribution in [3.8, 4) is 5.75 Å². The molecule has 0 radical (unpaired) electrons. The van der Waals surface area contributed by atoms with Crippen molar-refractivity contribution >= 4 is 11.4 Å². The highest BCUT2D eigenvalue weighted by molar-refractivity contribution is 5.64. The Morgan fingerprint density at radius 1 is 1.45 bits per heavy atom. The van der Waals surface area contributed by atoms with Gasteiger partial charge in [-0.25, -0.2) is 0 Å². The molecule has 2 rings (SSSR count). The Labute approximate surface area is 118 Å². The lowest BCUT2D eigenvalue weighted by Crippen LogP contribution is -2.36. The van der Waals surface area contributed by atoms with E-state index in [2.05, 4.69) is 5.32 Å². The van der Waals surface area contributed by atoms with Crippen LogP contribution in [0.2, 0.25) is 0 Å². The minimum atomic E-state index is -0.384. The largest absolute Gasteiger partial charge is 0.496 e. The van der Waals surface area contributed by atoms with Gasteiger partial charge in [-0.15, -0.1) is 0 Å². The van der Waals surface area contributed by atoms with Gasteiger partial charge in [0.15, 0.2) is 0 Å². The molecule has 6 heteroatoms. The molecule has 1 aromatic rings. The van der Waals surface area contributed by atoms with Gasteiger partial charge in [0.2, 0.25) is 0 Å². The average molecular weight is 279 g/mol. The van der Waals surface area contributed by atoms with Gasteiger partial charge >= 0.3 is 0 Å². The molecule has 1 fully saturated rings. The molecule has 3 N–H and O–H groups in total. The molecule has 0 heterocycles. The predicted molar refractivity (Wildman–Crippen MR) is 78.1 cm³/mol. The number of rotatable bonds is 5. The minimum Gasteiger partial charge on any atom is -0.496 e. The SMILES string of the molecule is COc1ccc(NC2CCCCC2CN)c([N+](=O)[O-])c1. The van der Waals surface area contributed by atoms with Gasteiger partial charge < -0.3 is 15.8 Å². The van der Waals surface area contributed by atoms with E-state index in [0.29, 0.717) is 23.9 Å². The first kappa shape index (κ1) is 14.6. The molecule has 0 amide bonds. The Balaban J connectivity index is 2.21. The van der Waals surface area contributed by atoms with Crippen LogP contribution in [0.1, 0.15) is 25.7 Å². The van der Waals surface area contributed by atoms with Crippen molar-refractivity contribution in [1.29, 1.82) is 0 Å². The monoisotopic (exact) mass is 279 g/mol. The van der Waals surface area contributed by atoms with Crippen molar-refractivity contribution in [3.05, 3.63) is 28.3 Å². The molecular weight excluding hydrogens is 258 g/mol. The van der Waals surface area contributed by atoms with E-state index in [0.717, 1.165) is 19.3 Å². The molecule has 1 aromatic carbocycles. The minimum absolute atomic E-state index is 0.0469. The highest BCUT2D eigenvalue weighted by Gasteiger charge is 2.26. The normalized spacial score (nSPS) is 22.3. The number of benzene rings is 1. The van der Waals surface area contributed by atoms with Gasteiger partial charge in [-0.3, -0.25) is 10.1 Å². The predicted octanol–water partition coefficient (Wildman–Crippen LogP) is 2.53. The first-order valence-corrected chi connectivity index (χ1v) is 6.94. The molecule has 1 saturated carbocycles. The average Bonchev–Trinajstić information content (AvgIpc) is 2.48. The summed E-state index contributed by atoms with van der Waals surface area (Å²) in [6.45, 7) is 0.613. The van der Waals surface area contributed by atoms with Gasteiger partial charge in [-0.05, 0) is 37.4 Å². The second-order valence-corrected chi connectivity index (χ2v) is 5.17. The number of hydrogen-bond donors (Lipinski definition) is 2. The maximum atomic E-state index is 11.2. The van der Waals surface area contributed by atoms with Crippen molar-refractivity contribution < 1.29 is 9.66 Å². The standard InChI is InChI=1S/C14H21N3O3/c1-20-11-6-7-13(14(8-11)17(18)19)16-12-5-3-2-4-10(12)9-15/h6-8,10,12,16H,2-5,9,15H2,1H3. The lowest BCUT2D eigenvalue weighted by molar-refractivity contribution is -0.384. The maximum absolute atomic E-state index is 11.2. The lowest BCUT2D eigenvalue weighted by atomic mass is 9.84. The number of nitro benzene ring substituents is 1. The summed E-state index contributed by atoms with van der Waals surface area (Å²) < 4.78 is 5.04. The molecular formula is C14H21N3O3. The van der Waals surface area contributed by atoms with E-state index in [1.807, 2.05) is 0 Å². The fraction of sp³-hybridized carbons (Fsp3) is 0.571. The lowest BCUT2D eigenvalue weighted by Gasteiger charge is -2.31. The zero-order chi connectivity index (χ0) is 14.5. The summed E-state index contributed by atoms with van der Waals surface area (Å²) in [5, 5.41) is 14.5. The van der Waals surface area contributed by atoms with Gasteiger partial charge in [0.1, 0.15) is 11.4 Å². The topological polar surface area (TPSA) is 90.4 Å². The van der Waals surface area contributed by atoms with Crippen LogP contribution in [0.3, 0.4) is 0 Å². The van der Waals surface area contributed by atoms with E-state index in [-0.39, 0.29) is 16.7 Å². The molecule has 0 spiro atoms. The summed E-state index contributed by atoms with van der Waals surface area (Å²) in [5.41, 5.74) is 6.39. The van der Waals surface area contributed by atoms with Crippen molar-refractivity contribution in [1.82, 2.24) is 0 Å². The fourth-order valence-corrected chi connectivity index (χ4v) is 2.79. The highest BCUT2D eigenvalue weighted by Crippen LogP contribution is 2.33. The molecule has 0 aliphatic heterocycles. The third-order valence-corrected chi connectivity index (χ3v) is 3.95. The van der Waals surface area contributed by atoms with E-state index in [1.165, 1.54) is 19.6 Å². The molecule has 0 saturated heterocycles. The first-order chi connectivity index (χ1) is 9.65. The number of nitrogens with two attached hydrogens (primary N) is 1. The van der Waals surface area contributed by atoms with Crippen molar-refractivity contribution in [2.75, 3.05) is 19.0 Å². The van der Waals surface area contributed by atoms with Gasteiger partial charge in [0, 0.05) is 6.04 Å². The fourth-order valence-electron chi connectivity index (χ4n) is 2.79. The molecule has 6 nitrogen and oxygen atoms in total. The van der Waals surface area contributed by atoms with Gasteiger partial charge in [0.05, 0.1) is 18.1 Å². The number of anilines is 1. The van der Waals surface area contributed by atoms with Crippen LogP contribution in [0.5, 0.6) is 5.75 Å². The summed E-state index contributed by atoms with van der Waals surface area (Å²) in [6.07, 6.45) is 4.41. The van der Waals surface area contributed by atoms with Crippen LogP contribution in [0.15, 0.2) is 18.2 Å². The summed E-state index contributed by atoms with van der Waals surface area (Å²) in [6, 6.07) is 5.10. The molecule has 2 unspecified atom stereocenters. The first-order valence-electron chi connectivity index (χ1n) is 6.94. The molecule has 2 atom stereocenters. The number of hydrogen-bond acceptors (Lipinski definition) is 5. The van der Waals surface area contributed by atoms with Crippen LogP contribution in [0, 0.1) is 16.0 Å². The van der Waals surface area contributed by atoms with Gasteiger partial charge in [-0.1, -0.05) is 12.8 Å². The zero-order valence-electron chi connectivity index (χ0n) is 11.7. The molecule has 110 valence electrons. The van der Waals surface area contributed by atoms with Crippen molar-refractivity contribution in [3.63, 3.8) is 0 Å². The van der Waals surface area contributed by atoms with Crippen LogP contribution in [-0.2, 0) is 0 Å². The summed E-state index contributed by atoms with van der Waals surface area (Å²) in [7, 11) is 1.50. The molecule has 0 bridgehead atoms. The molecule has 1 aliphatic carbocycles. The molecule has 0 aromatic heterocycles. The van der Waals surface area contributed by atoms with Gasteiger partial charge in [-0.2, -0.15) is 0 Å². The maximum Gasteiger partial charge on any atom is 0.296 e. The second-order valence-electron chi connectivity index (χ2n) is 5.17. The third kappa shape index (κ3) is 3.19. The third-order valence-electron chi connectivity index (χ3n) is 3.95. The quantitative estimate of drug-likeness (QED) is 0.638. The van der Waals surface area contributed by atoms with Crippen LogP contribution < -0.4 is 15.8 Å². The Morgan fingerprint density at radius 2 is 2.20 bits per heavy atom. The molecule has 1 aliphatic rings. The number of nitro groups is 1. The Kier molecular flexibility index (Phi) is 4.79. The smallest absolute Gasteiger partial charge is 0.296 e. The number of methoxy groups -OCH3 is 1. The number of nitrogens with one attached hydrogen (secondary N) is 1.